The Labute approximate surface area is 104 Å². The van der Waals surface area contributed by atoms with Crippen LogP contribution in [0.1, 0.15) is 58.8 Å². The van der Waals surface area contributed by atoms with Crippen LogP contribution in [0.15, 0.2) is 0 Å². The molecule has 1 saturated carbocycles. The minimum Gasteiger partial charge on any atom is -0.353 e. The molecule has 0 spiro atoms. The number of alkyl halides is 1. The predicted molar refractivity (Wildman–Crippen MR) is 68.8 cm³/mol. The summed E-state index contributed by atoms with van der Waals surface area (Å²) in [5.41, 5.74) is -0.441. The zero-order chi connectivity index (χ0) is 12.0. The molecule has 1 rings (SSSR count). The van der Waals surface area contributed by atoms with Gasteiger partial charge in [-0.25, -0.2) is 0 Å². The molecule has 2 nitrogen and oxygen atoms in total. The fourth-order valence-corrected chi connectivity index (χ4v) is 2.16. The standard InChI is InChI=1S/C13H24ClNO/c1-13(2,10-14)12(16)15-11-8-6-4-3-5-7-9-11/h11H,3-10H2,1-2H3,(H,15,16). The number of amides is 1. The average Bonchev–Trinajstić information content (AvgIpc) is 2.21. The molecule has 1 amide bonds. The highest BCUT2D eigenvalue weighted by Gasteiger charge is 2.28. The van der Waals surface area contributed by atoms with Crippen LogP contribution < -0.4 is 5.32 Å². The molecule has 0 saturated heterocycles. The molecule has 0 heterocycles. The smallest absolute Gasteiger partial charge is 0.227 e. The Hall–Kier alpha value is -0.240. The van der Waals surface area contributed by atoms with Crippen LogP contribution in [-0.4, -0.2) is 17.8 Å². The largest absolute Gasteiger partial charge is 0.353 e. The molecule has 16 heavy (non-hydrogen) atoms. The summed E-state index contributed by atoms with van der Waals surface area (Å²) < 4.78 is 0. The Kier molecular flexibility index (Phi) is 5.60. The Morgan fingerprint density at radius 2 is 1.69 bits per heavy atom. The van der Waals surface area contributed by atoms with Gasteiger partial charge < -0.3 is 5.32 Å². The molecule has 0 aromatic rings. The van der Waals surface area contributed by atoms with Gasteiger partial charge >= 0.3 is 0 Å². The third-order valence-electron chi connectivity index (χ3n) is 3.39. The lowest BCUT2D eigenvalue weighted by Gasteiger charge is -2.26. The van der Waals surface area contributed by atoms with Crippen molar-refractivity contribution in [3.8, 4) is 0 Å². The summed E-state index contributed by atoms with van der Waals surface area (Å²) in [5.74, 6) is 0.485. The number of nitrogens with one attached hydrogen (secondary N) is 1. The summed E-state index contributed by atoms with van der Waals surface area (Å²) >= 11 is 5.80. The number of rotatable bonds is 3. The van der Waals surface area contributed by atoms with Crippen molar-refractivity contribution < 1.29 is 4.79 Å². The van der Waals surface area contributed by atoms with E-state index < -0.39 is 5.41 Å². The van der Waals surface area contributed by atoms with Crippen molar-refractivity contribution in [2.24, 2.45) is 5.41 Å². The Morgan fingerprint density at radius 1 is 1.19 bits per heavy atom. The quantitative estimate of drug-likeness (QED) is 0.758. The molecule has 1 aliphatic carbocycles. The van der Waals surface area contributed by atoms with Gasteiger partial charge in [0.05, 0.1) is 5.41 Å². The molecule has 0 aromatic carbocycles. The number of carbonyl (C=O) groups is 1. The minimum atomic E-state index is -0.441. The molecule has 0 aliphatic heterocycles. The fourth-order valence-electron chi connectivity index (χ4n) is 2.04. The van der Waals surface area contributed by atoms with E-state index in [0.29, 0.717) is 11.9 Å². The average molecular weight is 246 g/mol. The third kappa shape index (κ3) is 4.32. The first-order chi connectivity index (χ1) is 7.56. The van der Waals surface area contributed by atoms with Gasteiger partial charge in [0.1, 0.15) is 0 Å². The normalized spacial score (nSPS) is 19.9. The number of hydrogen-bond donors (Lipinski definition) is 1. The molecular weight excluding hydrogens is 222 g/mol. The van der Waals surface area contributed by atoms with Gasteiger partial charge in [-0.2, -0.15) is 0 Å². The van der Waals surface area contributed by atoms with E-state index in [2.05, 4.69) is 5.32 Å². The monoisotopic (exact) mass is 245 g/mol. The highest BCUT2D eigenvalue weighted by molar-refractivity contribution is 6.19. The van der Waals surface area contributed by atoms with E-state index in [-0.39, 0.29) is 5.91 Å². The number of halogens is 1. The van der Waals surface area contributed by atoms with E-state index >= 15 is 0 Å². The lowest BCUT2D eigenvalue weighted by atomic mass is 9.92. The van der Waals surface area contributed by atoms with Crippen molar-refractivity contribution in [2.75, 3.05) is 5.88 Å². The molecular formula is C13H24ClNO. The minimum absolute atomic E-state index is 0.105. The Morgan fingerprint density at radius 3 is 2.19 bits per heavy atom. The first-order valence-corrected chi connectivity index (χ1v) is 6.96. The first-order valence-electron chi connectivity index (χ1n) is 6.43. The topological polar surface area (TPSA) is 29.1 Å². The Balaban J connectivity index is 2.42. The van der Waals surface area contributed by atoms with Crippen LogP contribution in [0.2, 0.25) is 0 Å². The lowest BCUT2D eigenvalue weighted by molar-refractivity contribution is -0.129. The zero-order valence-electron chi connectivity index (χ0n) is 10.5. The molecule has 0 atom stereocenters. The highest BCUT2D eigenvalue weighted by atomic mass is 35.5. The van der Waals surface area contributed by atoms with Crippen molar-refractivity contribution in [3.05, 3.63) is 0 Å². The van der Waals surface area contributed by atoms with Crippen LogP contribution in [0.3, 0.4) is 0 Å². The molecule has 0 radical (unpaired) electrons. The third-order valence-corrected chi connectivity index (χ3v) is 4.06. The van der Waals surface area contributed by atoms with Crippen LogP contribution in [0, 0.1) is 5.41 Å². The van der Waals surface area contributed by atoms with Gasteiger partial charge in [0, 0.05) is 11.9 Å². The van der Waals surface area contributed by atoms with Crippen LogP contribution in [0.4, 0.5) is 0 Å². The first kappa shape index (κ1) is 13.8. The van der Waals surface area contributed by atoms with Crippen molar-refractivity contribution >= 4 is 17.5 Å². The molecule has 3 heteroatoms. The molecule has 1 aliphatic rings. The SMILES string of the molecule is CC(C)(CCl)C(=O)NC1CCCCCCC1. The van der Waals surface area contributed by atoms with Gasteiger partial charge in [0.15, 0.2) is 0 Å². The summed E-state index contributed by atoms with van der Waals surface area (Å²) in [7, 11) is 0. The molecule has 1 N–H and O–H groups in total. The molecule has 1 fully saturated rings. The van der Waals surface area contributed by atoms with E-state index in [9.17, 15) is 4.79 Å². The van der Waals surface area contributed by atoms with E-state index in [1.807, 2.05) is 13.8 Å². The maximum Gasteiger partial charge on any atom is 0.227 e. The van der Waals surface area contributed by atoms with E-state index in [1.165, 1.54) is 32.1 Å². The Bertz CT molecular complexity index is 220. The zero-order valence-corrected chi connectivity index (χ0v) is 11.3. The second-order valence-electron chi connectivity index (χ2n) is 5.53. The summed E-state index contributed by atoms with van der Waals surface area (Å²) in [4.78, 5) is 12.0. The lowest BCUT2D eigenvalue weighted by Crippen LogP contribution is -2.44. The second-order valence-corrected chi connectivity index (χ2v) is 5.80. The van der Waals surface area contributed by atoms with Crippen LogP contribution in [-0.2, 0) is 4.79 Å². The molecule has 0 unspecified atom stereocenters. The number of carbonyl (C=O) groups excluding carboxylic acids is 1. The van der Waals surface area contributed by atoms with Crippen LogP contribution in [0.5, 0.6) is 0 Å². The predicted octanol–water partition coefficient (Wildman–Crippen LogP) is 3.48. The molecule has 94 valence electrons. The van der Waals surface area contributed by atoms with Gasteiger partial charge in [-0.1, -0.05) is 32.1 Å². The van der Waals surface area contributed by atoms with Crippen LogP contribution >= 0.6 is 11.6 Å². The summed E-state index contributed by atoms with van der Waals surface area (Å²) in [5, 5.41) is 3.15. The van der Waals surface area contributed by atoms with Gasteiger partial charge in [-0.3, -0.25) is 4.79 Å². The highest BCUT2D eigenvalue weighted by Crippen LogP contribution is 2.21. The fraction of sp³-hybridized carbons (Fsp3) is 0.923. The maximum absolute atomic E-state index is 12.0. The van der Waals surface area contributed by atoms with E-state index in [0.717, 1.165) is 12.8 Å². The van der Waals surface area contributed by atoms with Crippen molar-refractivity contribution in [1.29, 1.82) is 0 Å². The number of hydrogen-bond acceptors (Lipinski definition) is 1. The summed E-state index contributed by atoms with van der Waals surface area (Å²) in [6.45, 7) is 3.80. The van der Waals surface area contributed by atoms with Gasteiger partial charge in [0.25, 0.3) is 0 Å². The summed E-state index contributed by atoms with van der Waals surface area (Å²) in [6, 6.07) is 0.371. The summed E-state index contributed by atoms with van der Waals surface area (Å²) in [6.07, 6.45) is 8.72. The van der Waals surface area contributed by atoms with Gasteiger partial charge in [-0.15, -0.1) is 11.6 Å². The van der Waals surface area contributed by atoms with Crippen molar-refractivity contribution in [2.45, 2.75) is 64.8 Å². The maximum atomic E-state index is 12.0. The van der Waals surface area contributed by atoms with E-state index in [4.69, 9.17) is 11.6 Å². The van der Waals surface area contributed by atoms with E-state index in [1.54, 1.807) is 0 Å². The molecule has 0 aromatic heterocycles. The molecule has 0 bridgehead atoms. The van der Waals surface area contributed by atoms with Crippen molar-refractivity contribution in [3.63, 3.8) is 0 Å². The van der Waals surface area contributed by atoms with Gasteiger partial charge in [0.2, 0.25) is 5.91 Å². The second kappa shape index (κ2) is 6.48. The van der Waals surface area contributed by atoms with Gasteiger partial charge in [-0.05, 0) is 26.7 Å². The van der Waals surface area contributed by atoms with Crippen LogP contribution in [0.25, 0.3) is 0 Å². The van der Waals surface area contributed by atoms with Crippen molar-refractivity contribution in [1.82, 2.24) is 5.32 Å².